The van der Waals surface area contributed by atoms with Gasteiger partial charge in [0.2, 0.25) is 0 Å². The summed E-state index contributed by atoms with van der Waals surface area (Å²) in [4.78, 5) is 25.5. The molecule has 0 atom stereocenters. The zero-order chi connectivity index (χ0) is 14.8. The van der Waals surface area contributed by atoms with Crippen LogP contribution in [0.5, 0.6) is 0 Å². The summed E-state index contributed by atoms with van der Waals surface area (Å²) in [6.07, 6.45) is 2.02. The third kappa shape index (κ3) is 3.38. The van der Waals surface area contributed by atoms with Crippen LogP contribution >= 0.6 is 0 Å². The number of amides is 1. The van der Waals surface area contributed by atoms with Crippen molar-refractivity contribution in [1.29, 1.82) is 0 Å². The van der Waals surface area contributed by atoms with E-state index in [1.165, 1.54) is 0 Å². The zero-order valence-electron chi connectivity index (χ0n) is 11.8. The molecule has 1 aromatic heterocycles. The van der Waals surface area contributed by atoms with Crippen molar-refractivity contribution in [2.45, 2.75) is 32.9 Å². The zero-order valence-corrected chi connectivity index (χ0v) is 11.8. The van der Waals surface area contributed by atoms with Gasteiger partial charge in [0.25, 0.3) is 0 Å². The fourth-order valence-electron chi connectivity index (χ4n) is 1.89. The van der Waals surface area contributed by atoms with Crippen LogP contribution in [0.3, 0.4) is 0 Å². The molecule has 1 amide bonds. The van der Waals surface area contributed by atoms with Gasteiger partial charge < -0.3 is 15.0 Å². The maximum absolute atomic E-state index is 11.6. The second kappa shape index (κ2) is 5.36. The predicted molar refractivity (Wildman–Crippen MR) is 76.8 cm³/mol. The lowest BCUT2D eigenvalue weighted by Gasteiger charge is -2.19. The van der Waals surface area contributed by atoms with Crippen LogP contribution in [-0.2, 0) is 11.3 Å². The van der Waals surface area contributed by atoms with Crippen LogP contribution in [-0.4, -0.2) is 23.0 Å². The average molecular weight is 274 g/mol. The first kappa shape index (κ1) is 14.1. The van der Waals surface area contributed by atoms with Gasteiger partial charge >= 0.3 is 6.09 Å². The minimum Gasteiger partial charge on any atom is -0.444 e. The van der Waals surface area contributed by atoms with Crippen LogP contribution in [0.4, 0.5) is 4.79 Å². The van der Waals surface area contributed by atoms with Crippen molar-refractivity contribution in [2.24, 2.45) is 0 Å². The number of aromatic nitrogens is 1. The Kier molecular flexibility index (Phi) is 3.79. The molecular formula is C15H18N2O3. The van der Waals surface area contributed by atoms with Gasteiger partial charge in [-0.3, -0.25) is 4.79 Å². The molecule has 0 saturated heterocycles. The first-order valence-corrected chi connectivity index (χ1v) is 6.41. The van der Waals surface area contributed by atoms with E-state index >= 15 is 0 Å². The van der Waals surface area contributed by atoms with Gasteiger partial charge in [0.05, 0.1) is 0 Å². The number of hydrogen-bond acceptors (Lipinski definition) is 3. The summed E-state index contributed by atoms with van der Waals surface area (Å²) in [6, 6.07) is 5.66. The number of rotatable bonds is 3. The maximum atomic E-state index is 11.6. The van der Waals surface area contributed by atoms with E-state index in [-0.39, 0.29) is 0 Å². The smallest absolute Gasteiger partial charge is 0.407 e. The lowest BCUT2D eigenvalue weighted by Crippen LogP contribution is -2.32. The van der Waals surface area contributed by atoms with E-state index in [1.54, 1.807) is 6.20 Å². The number of hydrogen-bond donors (Lipinski definition) is 2. The molecule has 106 valence electrons. The molecule has 0 unspecified atom stereocenters. The fraction of sp³-hybridized carbons (Fsp3) is 0.333. The summed E-state index contributed by atoms with van der Waals surface area (Å²) in [5, 5.41) is 3.54. The number of carbonyl (C=O) groups excluding carboxylic acids is 2. The molecule has 5 nitrogen and oxygen atoms in total. The van der Waals surface area contributed by atoms with Crippen LogP contribution in [0.2, 0.25) is 0 Å². The number of carbonyl (C=O) groups is 2. The van der Waals surface area contributed by atoms with Gasteiger partial charge in [0, 0.05) is 29.2 Å². The Morgan fingerprint density at radius 1 is 1.40 bits per heavy atom. The van der Waals surface area contributed by atoms with Crippen LogP contribution in [0.15, 0.2) is 24.4 Å². The lowest BCUT2D eigenvalue weighted by atomic mass is 10.1. The fourth-order valence-corrected chi connectivity index (χ4v) is 1.89. The Bertz CT molecular complexity index is 638. The quantitative estimate of drug-likeness (QED) is 0.845. The molecule has 0 bridgehead atoms. The highest BCUT2D eigenvalue weighted by Gasteiger charge is 2.15. The molecule has 5 heteroatoms. The van der Waals surface area contributed by atoms with Crippen LogP contribution in [0.1, 0.15) is 36.7 Å². The number of aromatic amines is 1. The SMILES string of the molecule is CC(C)(C)OC(=O)NCc1ccc2[nH]cc(C=O)c2c1. The number of H-pyrrole nitrogens is 1. The summed E-state index contributed by atoms with van der Waals surface area (Å²) >= 11 is 0. The molecule has 0 aliphatic heterocycles. The van der Waals surface area contributed by atoms with Gasteiger partial charge in [-0.1, -0.05) is 6.07 Å². The minimum absolute atomic E-state index is 0.355. The Morgan fingerprint density at radius 2 is 2.15 bits per heavy atom. The van der Waals surface area contributed by atoms with Gasteiger partial charge in [0.1, 0.15) is 5.60 Å². The summed E-state index contributed by atoms with van der Waals surface area (Å²) in [5.41, 5.74) is 1.90. The number of aldehydes is 1. The van der Waals surface area contributed by atoms with Crippen molar-refractivity contribution < 1.29 is 14.3 Å². The first-order valence-electron chi connectivity index (χ1n) is 6.41. The van der Waals surface area contributed by atoms with E-state index < -0.39 is 11.7 Å². The van der Waals surface area contributed by atoms with Gasteiger partial charge in [-0.25, -0.2) is 4.79 Å². The molecule has 0 aliphatic rings. The van der Waals surface area contributed by atoms with Crippen molar-refractivity contribution in [1.82, 2.24) is 10.3 Å². The largest absolute Gasteiger partial charge is 0.444 e. The lowest BCUT2D eigenvalue weighted by molar-refractivity contribution is 0.0523. The molecule has 0 aliphatic carbocycles. The van der Waals surface area contributed by atoms with Crippen molar-refractivity contribution in [3.8, 4) is 0 Å². The Hall–Kier alpha value is -2.30. The van der Waals surface area contributed by atoms with Crippen molar-refractivity contribution in [3.63, 3.8) is 0 Å². The molecule has 1 aromatic carbocycles. The van der Waals surface area contributed by atoms with E-state index in [0.29, 0.717) is 12.1 Å². The third-order valence-corrected chi connectivity index (χ3v) is 2.74. The number of alkyl carbamates (subject to hydrolysis) is 1. The summed E-state index contributed by atoms with van der Waals surface area (Å²) < 4.78 is 5.16. The number of nitrogens with one attached hydrogen (secondary N) is 2. The number of benzene rings is 1. The van der Waals surface area contributed by atoms with Crippen LogP contribution in [0, 0.1) is 0 Å². The van der Waals surface area contributed by atoms with E-state index in [0.717, 1.165) is 22.8 Å². The summed E-state index contributed by atoms with van der Waals surface area (Å²) in [5.74, 6) is 0. The van der Waals surface area contributed by atoms with Crippen LogP contribution in [0.25, 0.3) is 10.9 Å². The minimum atomic E-state index is -0.515. The molecule has 0 fully saturated rings. The van der Waals surface area contributed by atoms with Crippen molar-refractivity contribution in [2.75, 3.05) is 0 Å². The molecule has 1 heterocycles. The van der Waals surface area contributed by atoms with Crippen molar-refractivity contribution in [3.05, 3.63) is 35.5 Å². The number of fused-ring (bicyclic) bond motifs is 1. The molecular weight excluding hydrogens is 256 g/mol. The third-order valence-electron chi connectivity index (χ3n) is 2.74. The van der Waals surface area contributed by atoms with Crippen molar-refractivity contribution >= 4 is 23.3 Å². The summed E-state index contributed by atoms with van der Waals surface area (Å²) in [7, 11) is 0. The molecule has 2 rings (SSSR count). The molecule has 0 saturated carbocycles. The standard InChI is InChI=1S/C15H18N2O3/c1-15(2,3)20-14(19)17-7-10-4-5-13-12(6-10)11(9-18)8-16-13/h4-6,8-9,16H,7H2,1-3H3,(H,17,19). The summed E-state index contributed by atoms with van der Waals surface area (Å²) in [6.45, 7) is 5.80. The van der Waals surface area contributed by atoms with Gasteiger partial charge in [-0.15, -0.1) is 0 Å². The van der Waals surface area contributed by atoms with E-state index in [4.69, 9.17) is 4.74 Å². The predicted octanol–water partition coefficient (Wildman–Crippen LogP) is 3.01. The highest BCUT2D eigenvalue weighted by atomic mass is 16.6. The Morgan fingerprint density at radius 3 is 2.80 bits per heavy atom. The second-order valence-corrected chi connectivity index (χ2v) is 5.60. The molecule has 0 radical (unpaired) electrons. The van der Waals surface area contributed by atoms with Gasteiger partial charge in [-0.05, 0) is 38.5 Å². The highest BCUT2D eigenvalue weighted by molar-refractivity contribution is 5.97. The Labute approximate surface area is 117 Å². The molecule has 20 heavy (non-hydrogen) atoms. The second-order valence-electron chi connectivity index (χ2n) is 5.60. The van der Waals surface area contributed by atoms with E-state index in [1.807, 2.05) is 39.0 Å². The average Bonchev–Trinajstić information content (AvgIpc) is 2.76. The monoisotopic (exact) mass is 274 g/mol. The molecule has 2 N–H and O–H groups in total. The topological polar surface area (TPSA) is 71.2 Å². The Balaban J connectivity index is 2.06. The number of ether oxygens (including phenoxy) is 1. The maximum Gasteiger partial charge on any atom is 0.407 e. The van der Waals surface area contributed by atoms with Gasteiger partial charge in [0.15, 0.2) is 6.29 Å². The molecule has 2 aromatic rings. The van der Waals surface area contributed by atoms with Crippen LogP contribution < -0.4 is 5.32 Å². The van der Waals surface area contributed by atoms with E-state index in [9.17, 15) is 9.59 Å². The molecule has 0 spiro atoms. The normalized spacial score (nSPS) is 11.3. The van der Waals surface area contributed by atoms with Gasteiger partial charge in [-0.2, -0.15) is 0 Å². The van der Waals surface area contributed by atoms with E-state index in [2.05, 4.69) is 10.3 Å². The first-order chi connectivity index (χ1) is 9.39. The highest BCUT2D eigenvalue weighted by Crippen LogP contribution is 2.18.